The smallest absolute Gasteiger partial charge is 0.378 e. The lowest BCUT2D eigenvalue weighted by atomic mass is 10.1. The van der Waals surface area contributed by atoms with Crippen molar-refractivity contribution in [3.63, 3.8) is 0 Å². The molecule has 0 spiro atoms. The number of rotatable bonds is 4. The number of aryl methyl sites for hydroxylation is 2. The molecule has 0 aromatic heterocycles. The second kappa shape index (κ2) is 5.87. The van der Waals surface area contributed by atoms with Gasteiger partial charge in [0.1, 0.15) is 11.4 Å². The molecule has 0 aliphatic carbocycles. The summed E-state index contributed by atoms with van der Waals surface area (Å²) in [5.41, 5.74) is 1.41. The molecule has 0 amide bonds. The van der Waals surface area contributed by atoms with E-state index in [1.165, 1.54) is 0 Å². The fraction of sp³-hybridized carbons (Fsp3) is 0.467. The van der Waals surface area contributed by atoms with Crippen LogP contribution in [0.2, 0.25) is 0 Å². The van der Waals surface area contributed by atoms with Crippen molar-refractivity contribution in [1.29, 1.82) is 0 Å². The maximum Gasteiger partial charge on any atom is 0.378 e. The number of ketones is 1. The van der Waals surface area contributed by atoms with E-state index in [0.717, 1.165) is 11.1 Å². The van der Waals surface area contributed by atoms with Gasteiger partial charge in [0.2, 0.25) is 0 Å². The number of Topliss-reactive ketones (excluding diaryl/α,β-unsaturated/α-hetero) is 1. The first-order chi connectivity index (χ1) is 8.67. The van der Waals surface area contributed by atoms with Crippen LogP contribution in [0, 0.1) is 13.8 Å². The Morgan fingerprint density at radius 1 is 1.05 bits per heavy atom. The lowest BCUT2D eigenvalue weighted by Gasteiger charge is -2.18. The van der Waals surface area contributed by atoms with Gasteiger partial charge in [-0.15, -0.1) is 0 Å². The van der Waals surface area contributed by atoms with Crippen LogP contribution in [-0.2, 0) is 14.3 Å². The number of esters is 1. The van der Waals surface area contributed by atoms with Crippen molar-refractivity contribution >= 4 is 11.8 Å². The van der Waals surface area contributed by atoms with Gasteiger partial charge in [0.15, 0.2) is 6.61 Å². The highest BCUT2D eigenvalue weighted by Crippen LogP contribution is 2.16. The van der Waals surface area contributed by atoms with E-state index < -0.39 is 17.4 Å². The second-order valence-electron chi connectivity index (χ2n) is 5.54. The van der Waals surface area contributed by atoms with E-state index in [4.69, 9.17) is 9.47 Å². The summed E-state index contributed by atoms with van der Waals surface area (Å²) in [6.45, 7) is 8.71. The molecular formula is C15H20O4. The highest BCUT2D eigenvalue weighted by atomic mass is 16.6. The van der Waals surface area contributed by atoms with Gasteiger partial charge in [-0.3, -0.25) is 4.79 Å². The van der Waals surface area contributed by atoms with Crippen molar-refractivity contribution in [3.05, 3.63) is 29.3 Å². The van der Waals surface area contributed by atoms with Gasteiger partial charge in [0, 0.05) is 0 Å². The molecular weight excluding hydrogens is 244 g/mol. The van der Waals surface area contributed by atoms with Crippen LogP contribution < -0.4 is 4.74 Å². The molecule has 0 bridgehead atoms. The summed E-state index contributed by atoms with van der Waals surface area (Å²) in [6.07, 6.45) is 0. The van der Waals surface area contributed by atoms with E-state index in [2.05, 4.69) is 0 Å². The minimum atomic E-state index is -0.864. The molecule has 19 heavy (non-hydrogen) atoms. The van der Waals surface area contributed by atoms with Crippen molar-refractivity contribution < 1.29 is 19.1 Å². The van der Waals surface area contributed by atoms with E-state index in [-0.39, 0.29) is 6.61 Å². The summed E-state index contributed by atoms with van der Waals surface area (Å²) in [7, 11) is 0. The number of hydrogen-bond donors (Lipinski definition) is 0. The first-order valence-electron chi connectivity index (χ1n) is 6.14. The first kappa shape index (κ1) is 15.2. The zero-order chi connectivity index (χ0) is 14.6. The third-order valence-corrected chi connectivity index (χ3v) is 2.19. The summed E-state index contributed by atoms with van der Waals surface area (Å²) >= 11 is 0. The minimum absolute atomic E-state index is 0.308. The molecule has 1 aromatic carbocycles. The zero-order valence-corrected chi connectivity index (χ0v) is 12.1. The SMILES string of the molecule is Cc1cc(C)cc(OCC(=O)C(=O)OC(C)(C)C)c1. The quantitative estimate of drug-likeness (QED) is 0.619. The van der Waals surface area contributed by atoms with Crippen LogP contribution in [0.3, 0.4) is 0 Å². The van der Waals surface area contributed by atoms with Gasteiger partial charge in [-0.2, -0.15) is 0 Å². The van der Waals surface area contributed by atoms with Crippen LogP contribution in [0.15, 0.2) is 18.2 Å². The van der Waals surface area contributed by atoms with Crippen LogP contribution in [0.1, 0.15) is 31.9 Å². The Kier molecular flexibility index (Phi) is 4.70. The fourth-order valence-electron chi connectivity index (χ4n) is 1.56. The van der Waals surface area contributed by atoms with Crippen molar-refractivity contribution in [2.75, 3.05) is 6.61 Å². The summed E-state index contributed by atoms with van der Waals surface area (Å²) in [5, 5.41) is 0. The Hall–Kier alpha value is -1.84. The molecule has 0 saturated heterocycles. The second-order valence-corrected chi connectivity index (χ2v) is 5.54. The predicted molar refractivity (Wildman–Crippen MR) is 72.3 cm³/mol. The summed E-state index contributed by atoms with van der Waals surface area (Å²) in [4.78, 5) is 23.0. The number of benzene rings is 1. The highest BCUT2D eigenvalue weighted by molar-refractivity contribution is 6.34. The van der Waals surface area contributed by atoms with Gasteiger partial charge in [0.05, 0.1) is 0 Å². The van der Waals surface area contributed by atoms with E-state index in [1.54, 1.807) is 20.8 Å². The molecule has 0 N–H and O–H groups in total. The monoisotopic (exact) mass is 264 g/mol. The number of hydrogen-bond acceptors (Lipinski definition) is 4. The molecule has 0 heterocycles. The number of carbonyl (C=O) groups is 2. The van der Waals surface area contributed by atoms with Crippen LogP contribution >= 0.6 is 0 Å². The zero-order valence-electron chi connectivity index (χ0n) is 12.1. The van der Waals surface area contributed by atoms with Crippen molar-refractivity contribution in [3.8, 4) is 5.75 Å². The maximum absolute atomic E-state index is 11.6. The van der Waals surface area contributed by atoms with Gasteiger partial charge >= 0.3 is 5.97 Å². The van der Waals surface area contributed by atoms with Gasteiger partial charge < -0.3 is 9.47 Å². The summed E-state index contributed by atoms with van der Waals surface area (Å²) in [5.74, 6) is -0.972. The van der Waals surface area contributed by atoms with Crippen LogP contribution in [-0.4, -0.2) is 24.0 Å². The molecule has 4 nitrogen and oxygen atoms in total. The van der Waals surface area contributed by atoms with Crippen molar-refractivity contribution in [2.24, 2.45) is 0 Å². The summed E-state index contributed by atoms with van der Waals surface area (Å²) in [6, 6.07) is 5.63. The van der Waals surface area contributed by atoms with Gasteiger partial charge in [-0.25, -0.2) is 4.79 Å². The Bertz CT molecular complexity index is 463. The average molecular weight is 264 g/mol. The largest absolute Gasteiger partial charge is 0.485 e. The molecule has 0 fully saturated rings. The molecule has 104 valence electrons. The third kappa shape index (κ3) is 5.55. The molecule has 4 heteroatoms. The molecule has 1 rings (SSSR count). The van der Waals surface area contributed by atoms with Gasteiger partial charge in [-0.1, -0.05) is 6.07 Å². The fourth-order valence-corrected chi connectivity index (χ4v) is 1.56. The number of ether oxygens (including phenoxy) is 2. The third-order valence-electron chi connectivity index (χ3n) is 2.19. The topological polar surface area (TPSA) is 52.6 Å². The Labute approximate surface area is 113 Å². The van der Waals surface area contributed by atoms with Crippen LogP contribution in [0.5, 0.6) is 5.75 Å². The Morgan fingerprint density at radius 2 is 1.58 bits per heavy atom. The predicted octanol–water partition coefficient (Wildman–Crippen LogP) is 2.59. The normalized spacial score (nSPS) is 11.0. The summed E-state index contributed by atoms with van der Waals surface area (Å²) < 4.78 is 10.3. The molecule has 0 aliphatic heterocycles. The molecule has 0 saturated carbocycles. The van der Waals surface area contributed by atoms with Crippen molar-refractivity contribution in [2.45, 2.75) is 40.2 Å². The van der Waals surface area contributed by atoms with Gasteiger partial charge in [0.25, 0.3) is 5.78 Å². The Morgan fingerprint density at radius 3 is 2.05 bits per heavy atom. The number of carbonyl (C=O) groups excluding carboxylic acids is 2. The van der Waals surface area contributed by atoms with E-state index >= 15 is 0 Å². The Balaban J connectivity index is 2.57. The lowest BCUT2D eigenvalue weighted by Crippen LogP contribution is -2.31. The first-order valence-corrected chi connectivity index (χ1v) is 6.14. The van der Waals surface area contributed by atoms with Crippen LogP contribution in [0.4, 0.5) is 0 Å². The average Bonchev–Trinajstić information content (AvgIpc) is 2.22. The molecule has 0 aliphatic rings. The van der Waals surface area contributed by atoms with Crippen LogP contribution in [0.25, 0.3) is 0 Å². The van der Waals surface area contributed by atoms with Crippen molar-refractivity contribution in [1.82, 2.24) is 0 Å². The lowest BCUT2D eigenvalue weighted by molar-refractivity contribution is -0.163. The van der Waals surface area contributed by atoms with E-state index in [0.29, 0.717) is 5.75 Å². The van der Waals surface area contributed by atoms with Gasteiger partial charge in [-0.05, 0) is 57.9 Å². The molecule has 0 atom stereocenters. The molecule has 1 aromatic rings. The minimum Gasteiger partial charge on any atom is -0.485 e. The van der Waals surface area contributed by atoms with E-state index in [9.17, 15) is 9.59 Å². The molecule has 0 radical (unpaired) electrons. The standard InChI is InChI=1S/C15H20O4/c1-10-6-11(2)8-12(7-10)18-9-13(16)14(17)19-15(3,4)5/h6-8H,9H2,1-5H3. The highest BCUT2D eigenvalue weighted by Gasteiger charge is 2.23. The maximum atomic E-state index is 11.6. The van der Waals surface area contributed by atoms with E-state index in [1.807, 2.05) is 32.0 Å². The molecule has 0 unspecified atom stereocenters.